The summed E-state index contributed by atoms with van der Waals surface area (Å²) in [5.41, 5.74) is -1.15. The second kappa shape index (κ2) is 3.87. The van der Waals surface area contributed by atoms with E-state index in [9.17, 15) is 22.8 Å². The quantitative estimate of drug-likeness (QED) is 0.707. The first-order valence-corrected chi connectivity index (χ1v) is 4.88. The molecule has 0 N–H and O–H groups in total. The lowest BCUT2D eigenvalue weighted by Crippen LogP contribution is -2.27. The molecule has 0 bridgehead atoms. The van der Waals surface area contributed by atoms with Crippen molar-refractivity contribution in [3.05, 3.63) is 29.8 Å². The Morgan fingerprint density at radius 3 is 2.29 bits per heavy atom. The highest BCUT2D eigenvalue weighted by molar-refractivity contribution is 6.15. The molecule has 90 valence electrons. The molecule has 1 saturated heterocycles. The molecule has 1 fully saturated rings. The molecule has 0 atom stereocenters. The average Bonchev–Trinajstić information content (AvgIpc) is 2.56. The van der Waals surface area contributed by atoms with Crippen LogP contribution in [0.4, 0.5) is 18.9 Å². The van der Waals surface area contributed by atoms with Crippen LogP contribution in [-0.2, 0) is 15.8 Å². The highest BCUT2D eigenvalue weighted by Gasteiger charge is 2.38. The second-order valence-corrected chi connectivity index (χ2v) is 3.71. The summed E-state index contributed by atoms with van der Waals surface area (Å²) in [6.45, 7) is -0.286. The van der Waals surface area contributed by atoms with Gasteiger partial charge in [-0.2, -0.15) is 13.2 Å². The lowest BCUT2D eigenvalue weighted by Gasteiger charge is -2.20. The third-order valence-corrected chi connectivity index (χ3v) is 2.48. The molecule has 2 rings (SSSR count). The largest absolute Gasteiger partial charge is 0.418 e. The van der Waals surface area contributed by atoms with Crippen LogP contribution in [0.5, 0.6) is 0 Å². The van der Waals surface area contributed by atoms with Crippen molar-refractivity contribution in [2.75, 3.05) is 11.4 Å². The average molecular weight is 243 g/mol. The molecule has 0 unspecified atom stereocenters. The minimum atomic E-state index is -4.54. The summed E-state index contributed by atoms with van der Waals surface area (Å²) < 4.78 is 38.1. The number of amides is 1. The van der Waals surface area contributed by atoms with Gasteiger partial charge in [-0.05, 0) is 12.1 Å². The van der Waals surface area contributed by atoms with Gasteiger partial charge in [-0.1, -0.05) is 12.1 Å². The number of Topliss-reactive ketones (excluding diaryl/α,β-unsaturated/α-hetero) is 1. The number of alkyl halides is 3. The van der Waals surface area contributed by atoms with E-state index in [1.54, 1.807) is 0 Å². The van der Waals surface area contributed by atoms with E-state index >= 15 is 0 Å². The summed E-state index contributed by atoms with van der Waals surface area (Å²) in [5, 5.41) is 0. The molecule has 3 nitrogen and oxygen atoms in total. The molecular formula is C11H8F3NO2. The normalized spacial score (nSPS) is 16.8. The minimum Gasteiger partial charge on any atom is -0.304 e. The summed E-state index contributed by atoms with van der Waals surface area (Å²) >= 11 is 0. The van der Waals surface area contributed by atoms with Crippen molar-refractivity contribution in [2.45, 2.75) is 12.6 Å². The molecule has 17 heavy (non-hydrogen) atoms. The number of carbonyl (C=O) groups is 2. The van der Waals surface area contributed by atoms with Crippen molar-refractivity contribution in [3.63, 3.8) is 0 Å². The molecule has 1 heterocycles. The predicted octanol–water partition coefficient (Wildman–Crippen LogP) is 2.01. The van der Waals surface area contributed by atoms with Gasteiger partial charge in [-0.25, -0.2) is 0 Å². The summed E-state index contributed by atoms with van der Waals surface area (Å²) in [4.78, 5) is 23.3. The Hall–Kier alpha value is -1.85. The number of para-hydroxylation sites is 1. The highest BCUT2D eigenvalue weighted by Crippen LogP contribution is 2.37. The number of carbonyl (C=O) groups excluding carboxylic acids is 2. The van der Waals surface area contributed by atoms with Gasteiger partial charge in [0.2, 0.25) is 5.91 Å². The van der Waals surface area contributed by atoms with Crippen LogP contribution in [0.3, 0.4) is 0 Å². The fraction of sp³-hybridized carbons (Fsp3) is 0.273. The van der Waals surface area contributed by atoms with E-state index < -0.39 is 17.6 Å². The number of benzene rings is 1. The van der Waals surface area contributed by atoms with Crippen LogP contribution in [-0.4, -0.2) is 18.2 Å². The van der Waals surface area contributed by atoms with Crippen molar-refractivity contribution in [1.82, 2.24) is 0 Å². The van der Waals surface area contributed by atoms with Gasteiger partial charge in [0.1, 0.15) is 0 Å². The molecule has 1 aliphatic heterocycles. The highest BCUT2D eigenvalue weighted by atomic mass is 19.4. The van der Waals surface area contributed by atoms with Gasteiger partial charge in [0.25, 0.3) is 0 Å². The van der Waals surface area contributed by atoms with Gasteiger partial charge in [-0.15, -0.1) is 0 Å². The van der Waals surface area contributed by atoms with Gasteiger partial charge >= 0.3 is 6.18 Å². The molecule has 1 aromatic rings. The zero-order valence-electron chi connectivity index (χ0n) is 8.62. The minimum absolute atomic E-state index is 0.254. The zero-order valence-corrected chi connectivity index (χ0v) is 8.62. The van der Waals surface area contributed by atoms with E-state index in [2.05, 4.69) is 0 Å². The first kappa shape index (κ1) is 11.6. The fourth-order valence-corrected chi connectivity index (χ4v) is 1.75. The molecule has 1 aromatic carbocycles. The third-order valence-electron chi connectivity index (χ3n) is 2.48. The molecule has 1 aliphatic rings. The van der Waals surface area contributed by atoms with E-state index in [-0.39, 0.29) is 24.4 Å². The molecule has 0 aliphatic carbocycles. The maximum atomic E-state index is 12.7. The van der Waals surface area contributed by atoms with Crippen molar-refractivity contribution in [1.29, 1.82) is 0 Å². The van der Waals surface area contributed by atoms with Gasteiger partial charge < -0.3 is 4.90 Å². The Morgan fingerprint density at radius 1 is 1.12 bits per heavy atom. The van der Waals surface area contributed by atoms with E-state index in [0.29, 0.717) is 0 Å². The molecule has 0 spiro atoms. The van der Waals surface area contributed by atoms with Crippen LogP contribution < -0.4 is 4.90 Å². The van der Waals surface area contributed by atoms with Crippen LogP contribution in [0.15, 0.2) is 24.3 Å². The number of nitrogens with zero attached hydrogens (tertiary/aromatic N) is 1. The van der Waals surface area contributed by atoms with E-state index in [1.165, 1.54) is 18.2 Å². The molecule has 6 heteroatoms. The van der Waals surface area contributed by atoms with Gasteiger partial charge in [-0.3, -0.25) is 9.59 Å². The van der Waals surface area contributed by atoms with Crippen LogP contribution >= 0.6 is 0 Å². The number of hydrogen-bond donors (Lipinski definition) is 0. The van der Waals surface area contributed by atoms with Gasteiger partial charge in [0.05, 0.1) is 24.2 Å². The first-order chi connectivity index (χ1) is 7.89. The monoisotopic (exact) mass is 243 g/mol. The molecule has 0 saturated carbocycles. The van der Waals surface area contributed by atoms with Crippen LogP contribution in [0, 0.1) is 0 Å². The standard InChI is InChI=1S/C11H8F3NO2/c12-11(13,14)8-3-1-2-4-9(8)15-6-7(16)5-10(15)17/h1-4H,5-6H2. The molecular weight excluding hydrogens is 235 g/mol. The molecule has 0 radical (unpaired) electrons. The molecule has 1 amide bonds. The van der Waals surface area contributed by atoms with Crippen LogP contribution in [0.2, 0.25) is 0 Å². The Labute approximate surface area is 94.8 Å². The SMILES string of the molecule is O=C1CC(=O)N(c2ccccc2C(F)(F)F)C1. The Bertz CT molecular complexity index is 482. The zero-order chi connectivity index (χ0) is 12.6. The van der Waals surface area contributed by atoms with Crippen molar-refractivity contribution in [2.24, 2.45) is 0 Å². The summed E-state index contributed by atoms with van der Waals surface area (Å²) in [6, 6.07) is 4.74. The molecule has 0 aromatic heterocycles. The Morgan fingerprint density at radius 2 is 1.76 bits per heavy atom. The summed E-state index contributed by atoms with van der Waals surface area (Å²) in [7, 11) is 0. The third kappa shape index (κ3) is 2.15. The lowest BCUT2D eigenvalue weighted by atomic mass is 10.1. The number of hydrogen-bond acceptors (Lipinski definition) is 2. The van der Waals surface area contributed by atoms with Crippen LogP contribution in [0.1, 0.15) is 12.0 Å². The maximum absolute atomic E-state index is 12.7. The predicted molar refractivity (Wildman–Crippen MR) is 53.4 cm³/mol. The lowest BCUT2D eigenvalue weighted by molar-refractivity contribution is -0.137. The van der Waals surface area contributed by atoms with Crippen molar-refractivity contribution in [3.8, 4) is 0 Å². The van der Waals surface area contributed by atoms with Crippen LogP contribution in [0.25, 0.3) is 0 Å². The van der Waals surface area contributed by atoms with E-state index in [4.69, 9.17) is 0 Å². The van der Waals surface area contributed by atoms with Crippen molar-refractivity contribution < 1.29 is 22.8 Å². The fourth-order valence-electron chi connectivity index (χ4n) is 1.75. The summed E-state index contributed by atoms with van der Waals surface area (Å²) in [5.74, 6) is -0.960. The van der Waals surface area contributed by atoms with Gasteiger partial charge in [0.15, 0.2) is 5.78 Å². The number of halogens is 3. The van der Waals surface area contributed by atoms with E-state index in [1.807, 2.05) is 0 Å². The second-order valence-electron chi connectivity index (χ2n) is 3.71. The van der Waals surface area contributed by atoms with Gasteiger partial charge in [0, 0.05) is 0 Å². The number of anilines is 1. The summed E-state index contributed by atoms with van der Waals surface area (Å²) in [6.07, 6.45) is -4.87. The Kier molecular flexibility index (Phi) is 2.65. The Balaban J connectivity index is 2.46. The van der Waals surface area contributed by atoms with Crippen molar-refractivity contribution >= 4 is 17.4 Å². The topological polar surface area (TPSA) is 37.4 Å². The first-order valence-electron chi connectivity index (χ1n) is 4.88. The number of rotatable bonds is 1. The number of ketones is 1. The van der Waals surface area contributed by atoms with E-state index in [0.717, 1.165) is 11.0 Å². The maximum Gasteiger partial charge on any atom is 0.418 e. The smallest absolute Gasteiger partial charge is 0.304 e.